The van der Waals surface area contributed by atoms with Crippen LogP contribution in [-0.2, 0) is 6.54 Å². The Labute approximate surface area is 83.6 Å². The molecule has 1 aromatic heterocycles. The molecule has 70 valence electrons. The lowest BCUT2D eigenvalue weighted by Gasteiger charge is -2.00. The van der Waals surface area contributed by atoms with Gasteiger partial charge in [-0.05, 0) is 17.7 Å². The summed E-state index contributed by atoms with van der Waals surface area (Å²) in [5.41, 5.74) is 1.24. The Morgan fingerprint density at radius 3 is 2.77 bits per heavy atom. The molecule has 1 aromatic rings. The fraction of sp³-hybridized carbons (Fsp3) is 0.300. The Morgan fingerprint density at radius 2 is 2.08 bits per heavy atom. The van der Waals surface area contributed by atoms with Crippen LogP contribution in [0.1, 0.15) is 5.56 Å². The number of halogens is 1. The minimum atomic E-state index is 0.580. The first kappa shape index (κ1) is 10.2. The molecule has 0 aromatic carbocycles. The molecule has 1 heterocycles. The van der Waals surface area contributed by atoms with Crippen molar-refractivity contribution in [2.75, 3.05) is 12.4 Å². The van der Waals surface area contributed by atoms with Gasteiger partial charge in [-0.3, -0.25) is 4.98 Å². The van der Waals surface area contributed by atoms with Gasteiger partial charge in [0.2, 0.25) is 0 Å². The minimum absolute atomic E-state index is 0.580. The Morgan fingerprint density at radius 1 is 1.31 bits per heavy atom. The number of nitrogens with one attached hydrogen (secondary N) is 1. The van der Waals surface area contributed by atoms with E-state index in [4.69, 9.17) is 11.6 Å². The molecule has 0 spiro atoms. The van der Waals surface area contributed by atoms with Gasteiger partial charge in [-0.2, -0.15) is 0 Å². The maximum absolute atomic E-state index is 5.47. The molecule has 1 rings (SSSR count). The highest BCUT2D eigenvalue weighted by Gasteiger charge is 1.87. The lowest BCUT2D eigenvalue weighted by molar-refractivity contribution is 0.758. The second-order valence-corrected chi connectivity index (χ2v) is 2.92. The summed E-state index contributed by atoms with van der Waals surface area (Å²) < 4.78 is 0. The average molecular weight is 197 g/mol. The molecule has 0 aliphatic carbocycles. The predicted octanol–water partition coefficient (Wildman–Crippen LogP) is 1.97. The van der Waals surface area contributed by atoms with E-state index >= 15 is 0 Å². The van der Waals surface area contributed by atoms with E-state index in [9.17, 15) is 0 Å². The molecule has 0 radical (unpaired) electrons. The maximum atomic E-state index is 5.47. The van der Waals surface area contributed by atoms with E-state index in [1.54, 1.807) is 12.4 Å². The summed E-state index contributed by atoms with van der Waals surface area (Å²) in [7, 11) is 0. The SMILES string of the molecule is ClC/C=C/CNCc1ccncc1. The largest absolute Gasteiger partial charge is 0.309 e. The molecule has 0 bridgehead atoms. The van der Waals surface area contributed by atoms with Gasteiger partial charge >= 0.3 is 0 Å². The molecule has 0 saturated heterocycles. The monoisotopic (exact) mass is 196 g/mol. The summed E-state index contributed by atoms with van der Waals surface area (Å²) in [5, 5.41) is 3.26. The third-order valence-corrected chi connectivity index (χ3v) is 1.77. The summed E-state index contributed by atoms with van der Waals surface area (Å²) >= 11 is 5.47. The molecule has 0 aliphatic heterocycles. The van der Waals surface area contributed by atoms with Crippen molar-refractivity contribution in [3.63, 3.8) is 0 Å². The van der Waals surface area contributed by atoms with Crippen LogP contribution in [0, 0.1) is 0 Å². The van der Waals surface area contributed by atoms with Crippen LogP contribution in [0.15, 0.2) is 36.7 Å². The van der Waals surface area contributed by atoms with Crippen molar-refractivity contribution in [2.45, 2.75) is 6.54 Å². The number of pyridine rings is 1. The van der Waals surface area contributed by atoms with Crippen LogP contribution < -0.4 is 5.32 Å². The Bertz CT molecular complexity index is 246. The van der Waals surface area contributed by atoms with Crippen LogP contribution in [0.2, 0.25) is 0 Å². The number of hydrogen-bond acceptors (Lipinski definition) is 2. The third-order valence-electron chi connectivity index (χ3n) is 1.60. The first-order valence-electron chi connectivity index (χ1n) is 4.24. The van der Waals surface area contributed by atoms with Crippen molar-refractivity contribution in [1.82, 2.24) is 10.3 Å². The van der Waals surface area contributed by atoms with Crippen LogP contribution >= 0.6 is 11.6 Å². The highest BCUT2D eigenvalue weighted by atomic mass is 35.5. The van der Waals surface area contributed by atoms with Crippen LogP contribution in [0.4, 0.5) is 0 Å². The fourth-order valence-corrected chi connectivity index (χ4v) is 1.07. The average Bonchev–Trinajstić information content (AvgIpc) is 2.19. The second-order valence-electron chi connectivity index (χ2n) is 2.61. The molecular weight excluding hydrogens is 184 g/mol. The van der Waals surface area contributed by atoms with Gasteiger partial charge < -0.3 is 5.32 Å². The van der Waals surface area contributed by atoms with Crippen molar-refractivity contribution in [2.24, 2.45) is 0 Å². The minimum Gasteiger partial charge on any atom is -0.309 e. The quantitative estimate of drug-likeness (QED) is 0.443. The molecule has 13 heavy (non-hydrogen) atoms. The van der Waals surface area contributed by atoms with Gasteiger partial charge in [-0.25, -0.2) is 0 Å². The molecule has 0 atom stereocenters. The van der Waals surface area contributed by atoms with E-state index in [0.717, 1.165) is 13.1 Å². The smallest absolute Gasteiger partial charge is 0.0404 e. The van der Waals surface area contributed by atoms with E-state index in [1.807, 2.05) is 24.3 Å². The molecule has 0 amide bonds. The molecule has 2 nitrogen and oxygen atoms in total. The topological polar surface area (TPSA) is 24.9 Å². The fourth-order valence-electron chi connectivity index (χ4n) is 0.947. The summed E-state index contributed by atoms with van der Waals surface area (Å²) in [4.78, 5) is 3.94. The molecule has 1 N–H and O–H groups in total. The molecular formula is C10H13ClN2. The Balaban J connectivity index is 2.17. The number of rotatable bonds is 5. The number of nitrogens with zero attached hydrogens (tertiary/aromatic N) is 1. The number of alkyl halides is 1. The van der Waals surface area contributed by atoms with E-state index < -0.39 is 0 Å². The van der Waals surface area contributed by atoms with Gasteiger partial charge in [-0.1, -0.05) is 12.2 Å². The highest BCUT2D eigenvalue weighted by Crippen LogP contribution is 1.94. The summed E-state index contributed by atoms with van der Waals surface area (Å²) in [6.45, 7) is 1.73. The molecule has 0 fully saturated rings. The van der Waals surface area contributed by atoms with Crippen molar-refractivity contribution >= 4 is 11.6 Å². The Kier molecular flexibility index (Phi) is 5.22. The molecule has 0 unspecified atom stereocenters. The second kappa shape index (κ2) is 6.63. The zero-order chi connectivity index (χ0) is 9.36. The van der Waals surface area contributed by atoms with Gasteiger partial charge in [0.05, 0.1) is 0 Å². The molecule has 0 saturated carbocycles. The zero-order valence-corrected chi connectivity index (χ0v) is 8.17. The lowest BCUT2D eigenvalue weighted by atomic mass is 10.3. The lowest BCUT2D eigenvalue weighted by Crippen LogP contribution is -2.12. The van der Waals surface area contributed by atoms with Gasteiger partial charge in [0.25, 0.3) is 0 Å². The predicted molar refractivity (Wildman–Crippen MR) is 55.8 cm³/mol. The summed E-state index contributed by atoms with van der Waals surface area (Å²) in [5.74, 6) is 0.580. The summed E-state index contributed by atoms with van der Waals surface area (Å²) in [6, 6.07) is 4.00. The van der Waals surface area contributed by atoms with E-state index in [2.05, 4.69) is 10.3 Å². The maximum Gasteiger partial charge on any atom is 0.0404 e. The van der Waals surface area contributed by atoms with Crippen LogP contribution in [-0.4, -0.2) is 17.4 Å². The molecule has 3 heteroatoms. The van der Waals surface area contributed by atoms with Crippen molar-refractivity contribution in [3.8, 4) is 0 Å². The highest BCUT2D eigenvalue weighted by molar-refractivity contribution is 6.18. The third kappa shape index (κ3) is 4.65. The van der Waals surface area contributed by atoms with Gasteiger partial charge in [0, 0.05) is 31.4 Å². The normalized spacial score (nSPS) is 10.8. The van der Waals surface area contributed by atoms with Crippen LogP contribution in [0.5, 0.6) is 0 Å². The zero-order valence-electron chi connectivity index (χ0n) is 7.41. The number of aromatic nitrogens is 1. The molecule has 0 aliphatic rings. The van der Waals surface area contributed by atoms with Gasteiger partial charge in [0.1, 0.15) is 0 Å². The van der Waals surface area contributed by atoms with Crippen molar-refractivity contribution < 1.29 is 0 Å². The first-order valence-corrected chi connectivity index (χ1v) is 4.77. The van der Waals surface area contributed by atoms with Gasteiger partial charge in [0.15, 0.2) is 0 Å². The van der Waals surface area contributed by atoms with Crippen LogP contribution in [0.3, 0.4) is 0 Å². The van der Waals surface area contributed by atoms with E-state index in [-0.39, 0.29) is 0 Å². The van der Waals surface area contributed by atoms with E-state index in [0.29, 0.717) is 5.88 Å². The number of hydrogen-bond donors (Lipinski definition) is 1. The van der Waals surface area contributed by atoms with Crippen molar-refractivity contribution in [1.29, 1.82) is 0 Å². The summed E-state index contributed by atoms with van der Waals surface area (Å²) in [6.07, 6.45) is 7.55. The van der Waals surface area contributed by atoms with E-state index in [1.165, 1.54) is 5.56 Å². The standard InChI is InChI=1S/C10H13ClN2/c11-5-1-2-6-13-9-10-3-7-12-8-4-10/h1-4,7-8,13H,5-6,9H2/b2-1+. The first-order chi connectivity index (χ1) is 6.43. The van der Waals surface area contributed by atoms with Gasteiger partial charge in [-0.15, -0.1) is 11.6 Å². The van der Waals surface area contributed by atoms with Crippen LogP contribution in [0.25, 0.3) is 0 Å². The van der Waals surface area contributed by atoms with Crippen molar-refractivity contribution in [3.05, 3.63) is 42.2 Å². The Hall–Kier alpha value is -0.860. The number of allylic oxidation sites excluding steroid dienone is 1.